The third-order valence-corrected chi connectivity index (χ3v) is 2.88. The van der Waals surface area contributed by atoms with Crippen molar-refractivity contribution >= 4 is 0 Å². The minimum absolute atomic E-state index is 0.0728. The van der Waals surface area contributed by atoms with Crippen molar-refractivity contribution in [2.45, 2.75) is 32.2 Å². The molecule has 0 aliphatic carbocycles. The molecule has 96 valence electrons. The van der Waals surface area contributed by atoms with Crippen LogP contribution in [0.5, 0.6) is 5.75 Å². The summed E-state index contributed by atoms with van der Waals surface area (Å²) in [5.41, 5.74) is 7.07. The van der Waals surface area contributed by atoms with Crippen molar-refractivity contribution in [2.24, 2.45) is 5.73 Å². The van der Waals surface area contributed by atoms with Gasteiger partial charge in [-0.3, -0.25) is 0 Å². The fourth-order valence-electron chi connectivity index (χ4n) is 1.76. The molecule has 0 aromatic heterocycles. The van der Waals surface area contributed by atoms with Gasteiger partial charge in [-0.05, 0) is 24.6 Å². The molecule has 3 heteroatoms. The molecule has 1 aromatic carbocycles. The van der Waals surface area contributed by atoms with E-state index in [0.717, 1.165) is 18.8 Å². The van der Waals surface area contributed by atoms with Gasteiger partial charge in [0.2, 0.25) is 0 Å². The molecular weight excluding hydrogens is 212 g/mol. The van der Waals surface area contributed by atoms with Crippen molar-refractivity contribution in [3.05, 3.63) is 29.8 Å². The summed E-state index contributed by atoms with van der Waals surface area (Å²) in [6, 6.07) is 8.41. The average Bonchev–Trinajstić information content (AvgIpc) is 2.28. The number of nitrogens with one attached hydrogen (secondary N) is 1. The molecule has 17 heavy (non-hydrogen) atoms. The van der Waals surface area contributed by atoms with E-state index in [9.17, 15) is 0 Å². The summed E-state index contributed by atoms with van der Waals surface area (Å²) in [7, 11) is 1.69. The van der Waals surface area contributed by atoms with Crippen LogP contribution in [0, 0.1) is 0 Å². The van der Waals surface area contributed by atoms with Crippen LogP contribution in [-0.2, 0) is 5.41 Å². The quantitative estimate of drug-likeness (QED) is 0.793. The first-order valence-electron chi connectivity index (χ1n) is 6.06. The Balaban J connectivity index is 2.67. The number of benzene rings is 1. The highest BCUT2D eigenvalue weighted by Crippen LogP contribution is 2.25. The molecule has 1 atom stereocenters. The van der Waals surface area contributed by atoms with Gasteiger partial charge in [-0.15, -0.1) is 0 Å². The second-order valence-corrected chi connectivity index (χ2v) is 5.22. The Morgan fingerprint density at radius 1 is 1.41 bits per heavy atom. The van der Waals surface area contributed by atoms with Crippen LogP contribution >= 0.6 is 0 Å². The molecule has 0 aliphatic rings. The maximum absolute atomic E-state index is 5.72. The Hall–Kier alpha value is -1.06. The second kappa shape index (κ2) is 6.03. The molecule has 3 nitrogen and oxygen atoms in total. The van der Waals surface area contributed by atoms with Crippen LogP contribution in [-0.4, -0.2) is 26.2 Å². The molecule has 0 saturated heterocycles. The standard InChI is InChI=1S/C14H24N2O/c1-11(15)9-16-10-14(2,3)12-6-5-7-13(8-12)17-4/h5-8,11,16H,9-10,15H2,1-4H3. The third kappa shape index (κ3) is 4.36. The van der Waals surface area contributed by atoms with Gasteiger partial charge < -0.3 is 15.8 Å². The average molecular weight is 236 g/mol. The molecule has 1 rings (SSSR count). The van der Waals surface area contributed by atoms with Crippen LogP contribution in [0.4, 0.5) is 0 Å². The summed E-state index contributed by atoms with van der Waals surface area (Å²) in [5.74, 6) is 0.905. The first kappa shape index (κ1) is 14.0. The van der Waals surface area contributed by atoms with Crippen molar-refractivity contribution in [1.82, 2.24) is 5.32 Å². The minimum atomic E-state index is 0.0728. The summed E-state index contributed by atoms with van der Waals surface area (Å²) in [6.45, 7) is 8.19. The zero-order valence-electron chi connectivity index (χ0n) is 11.3. The maximum Gasteiger partial charge on any atom is 0.119 e. The molecule has 0 saturated carbocycles. The van der Waals surface area contributed by atoms with Crippen LogP contribution < -0.4 is 15.8 Å². The number of hydrogen-bond donors (Lipinski definition) is 2. The molecule has 1 aromatic rings. The van der Waals surface area contributed by atoms with Gasteiger partial charge in [-0.2, -0.15) is 0 Å². The highest BCUT2D eigenvalue weighted by atomic mass is 16.5. The van der Waals surface area contributed by atoms with Gasteiger partial charge in [0.05, 0.1) is 7.11 Å². The molecule has 0 fully saturated rings. The van der Waals surface area contributed by atoms with Crippen molar-refractivity contribution in [1.29, 1.82) is 0 Å². The van der Waals surface area contributed by atoms with E-state index in [2.05, 4.69) is 31.3 Å². The lowest BCUT2D eigenvalue weighted by molar-refractivity contribution is 0.409. The molecule has 0 aliphatic heterocycles. The van der Waals surface area contributed by atoms with Crippen LogP contribution in [0.2, 0.25) is 0 Å². The smallest absolute Gasteiger partial charge is 0.119 e. The van der Waals surface area contributed by atoms with Crippen molar-refractivity contribution in [2.75, 3.05) is 20.2 Å². The fraction of sp³-hybridized carbons (Fsp3) is 0.571. The van der Waals surface area contributed by atoms with Gasteiger partial charge in [0.25, 0.3) is 0 Å². The number of hydrogen-bond acceptors (Lipinski definition) is 3. The van der Waals surface area contributed by atoms with E-state index in [1.807, 2.05) is 19.1 Å². The molecule has 0 bridgehead atoms. The summed E-state index contributed by atoms with van der Waals surface area (Å²) >= 11 is 0. The van der Waals surface area contributed by atoms with E-state index in [0.29, 0.717) is 0 Å². The number of methoxy groups -OCH3 is 1. The molecular formula is C14H24N2O. The number of ether oxygens (including phenoxy) is 1. The SMILES string of the molecule is COc1cccc(C(C)(C)CNCC(C)N)c1. The van der Waals surface area contributed by atoms with Crippen molar-refractivity contribution in [3.63, 3.8) is 0 Å². The zero-order valence-corrected chi connectivity index (χ0v) is 11.3. The fourth-order valence-corrected chi connectivity index (χ4v) is 1.76. The third-order valence-electron chi connectivity index (χ3n) is 2.88. The predicted molar refractivity (Wildman–Crippen MR) is 72.5 cm³/mol. The van der Waals surface area contributed by atoms with Crippen LogP contribution in [0.15, 0.2) is 24.3 Å². The van der Waals surface area contributed by atoms with Gasteiger partial charge >= 0.3 is 0 Å². The topological polar surface area (TPSA) is 47.3 Å². The second-order valence-electron chi connectivity index (χ2n) is 5.22. The molecule has 0 amide bonds. The molecule has 1 unspecified atom stereocenters. The van der Waals surface area contributed by atoms with E-state index < -0.39 is 0 Å². The predicted octanol–water partition coefficient (Wildman–Crippen LogP) is 1.91. The maximum atomic E-state index is 5.72. The molecule has 0 radical (unpaired) electrons. The lowest BCUT2D eigenvalue weighted by atomic mass is 9.84. The monoisotopic (exact) mass is 236 g/mol. The largest absolute Gasteiger partial charge is 0.497 e. The first-order valence-corrected chi connectivity index (χ1v) is 6.06. The number of rotatable bonds is 6. The van der Waals surface area contributed by atoms with Gasteiger partial charge in [-0.25, -0.2) is 0 Å². The highest BCUT2D eigenvalue weighted by Gasteiger charge is 2.20. The van der Waals surface area contributed by atoms with Gasteiger partial charge in [0.1, 0.15) is 5.75 Å². The lowest BCUT2D eigenvalue weighted by Crippen LogP contribution is -2.38. The van der Waals surface area contributed by atoms with Gasteiger partial charge in [0, 0.05) is 24.5 Å². The normalized spacial score (nSPS) is 13.5. The number of nitrogens with two attached hydrogens (primary N) is 1. The zero-order chi connectivity index (χ0) is 12.9. The Morgan fingerprint density at radius 3 is 2.71 bits per heavy atom. The van der Waals surface area contributed by atoms with E-state index in [1.54, 1.807) is 7.11 Å². The lowest BCUT2D eigenvalue weighted by Gasteiger charge is -2.26. The van der Waals surface area contributed by atoms with Crippen LogP contribution in [0.3, 0.4) is 0 Å². The van der Waals surface area contributed by atoms with E-state index in [-0.39, 0.29) is 11.5 Å². The summed E-state index contributed by atoms with van der Waals surface area (Å²) < 4.78 is 5.25. The van der Waals surface area contributed by atoms with Gasteiger partial charge in [0.15, 0.2) is 0 Å². The molecule has 0 spiro atoms. The first-order chi connectivity index (χ1) is 7.95. The Labute approximate surface area is 104 Å². The minimum Gasteiger partial charge on any atom is -0.497 e. The van der Waals surface area contributed by atoms with Crippen molar-refractivity contribution in [3.8, 4) is 5.75 Å². The van der Waals surface area contributed by atoms with E-state index >= 15 is 0 Å². The Bertz CT molecular complexity index is 348. The summed E-state index contributed by atoms with van der Waals surface area (Å²) in [6.07, 6.45) is 0. The molecule has 0 heterocycles. The Kier molecular flexibility index (Phi) is 4.97. The Morgan fingerprint density at radius 2 is 2.12 bits per heavy atom. The van der Waals surface area contributed by atoms with E-state index in [4.69, 9.17) is 10.5 Å². The van der Waals surface area contributed by atoms with Crippen LogP contribution in [0.1, 0.15) is 26.3 Å². The van der Waals surface area contributed by atoms with Crippen LogP contribution in [0.25, 0.3) is 0 Å². The summed E-state index contributed by atoms with van der Waals surface area (Å²) in [4.78, 5) is 0. The van der Waals surface area contributed by atoms with E-state index in [1.165, 1.54) is 5.56 Å². The molecule has 3 N–H and O–H groups in total. The summed E-state index contributed by atoms with van der Waals surface area (Å²) in [5, 5.41) is 3.40. The van der Waals surface area contributed by atoms with Gasteiger partial charge in [-0.1, -0.05) is 26.0 Å². The highest BCUT2D eigenvalue weighted by molar-refractivity contribution is 5.33. The van der Waals surface area contributed by atoms with Crippen molar-refractivity contribution < 1.29 is 4.74 Å².